The number of sulfonamides is 1. The van der Waals surface area contributed by atoms with E-state index in [-0.39, 0.29) is 24.3 Å². The number of nitro groups is 1. The molecule has 8 nitrogen and oxygen atoms in total. The zero-order valence-corrected chi connectivity index (χ0v) is 18.9. The van der Waals surface area contributed by atoms with Crippen LogP contribution >= 0.6 is 0 Å². The van der Waals surface area contributed by atoms with Gasteiger partial charge in [0.05, 0.1) is 16.9 Å². The van der Waals surface area contributed by atoms with Gasteiger partial charge in [0, 0.05) is 18.7 Å². The van der Waals surface area contributed by atoms with E-state index in [0.29, 0.717) is 5.56 Å². The predicted octanol–water partition coefficient (Wildman–Crippen LogP) is 3.92. The van der Waals surface area contributed by atoms with Gasteiger partial charge >= 0.3 is 0 Å². The lowest BCUT2D eigenvalue weighted by molar-refractivity contribution is -0.384. The van der Waals surface area contributed by atoms with Crippen molar-refractivity contribution in [3.8, 4) is 0 Å². The lowest BCUT2D eigenvalue weighted by atomic mass is 10.0. The van der Waals surface area contributed by atoms with Gasteiger partial charge in [0.15, 0.2) is 0 Å². The van der Waals surface area contributed by atoms with Gasteiger partial charge in [0.1, 0.15) is 6.04 Å². The Balaban J connectivity index is 1.93. The zero-order valence-electron chi connectivity index (χ0n) is 18.1. The Morgan fingerprint density at radius 1 is 1.12 bits per heavy atom. The molecule has 1 amide bonds. The van der Waals surface area contributed by atoms with E-state index in [4.69, 9.17) is 0 Å². The van der Waals surface area contributed by atoms with Crippen molar-refractivity contribution < 1.29 is 18.1 Å². The van der Waals surface area contributed by atoms with E-state index in [1.54, 1.807) is 13.8 Å². The first-order valence-electron chi connectivity index (χ1n) is 10.1. The molecule has 0 aromatic heterocycles. The number of anilines is 1. The second-order valence-corrected chi connectivity index (χ2v) is 9.43. The molecule has 0 saturated heterocycles. The summed E-state index contributed by atoms with van der Waals surface area (Å²) in [5.74, 6) is -0.475. The van der Waals surface area contributed by atoms with Crippen LogP contribution in [0.1, 0.15) is 24.5 Å². The monoisotopic (exact) mass is 455 g/mol. The number of nitro benzene ring substituents is 1. The minimum absolute atomic E-state index is 0.119. The fraction of sp³-hybridized carbons (Fsp3) is 0.261. The largest absolute Gasteiger partial charge is 0.350 e. The number of carbonyl (C=O) groups excluding carboxylic acids is 1. The third kappa shape index (κ3) is 4.88. The predicted molar refractivity (Wildman–Crippen MR) is 125 cm³/mol. The molecule has 168 valence electrons. The Labute approximate surface area is 187 Å². The number of aryl methyl sites for hydroxylation is 1. The van der Waals surface area contributed by atoms with Crippen LogP contribution in [0.5, 0.6) is 0 Å². The van der Waals surface area contributed by atoms with Crippen LogP contribution in [-0.4, -0.2) is 31.5 Å². The van der Waals surface area contributed by atoms with Crippen LogP contribution in [0.25, 0.3) is 10.8 Å². The number of nitrogens with one attached hydrogen (secondary N) is 1. The summed E-state index contributed by atoms with van der Waals surface area (Å²) in [5, 5.41) is 16.1. The molecule has 0 heterocycles. The van der Waals surface area contributed by atoms with E-state index in [1.807, 2.05) is 42.5 Å². The maximum Gasteiger partial charge on any atom is 0.271 e. The van der Waals surface area contributed by atoms with Crippen LogP contribution in [0.15, 0.2) is 60.7 Å². The number of hydrogen-bond donors (Lipinski definition) is 1. The van der Waals surface area contributed by atoms with Gasteiger partial charge in [0.2, 0.25) is 15.9 Å². The first kappa shape index (κ1) is 23.2. The highest BCUT2D eigenvalue weighted by molar-refractivity contribution is 7.92. The summed E-state index contributed by atoms with van der Waals surface area (Å²) in [4.78, 5) is 23.8. The van der Waals surface area contributed by atoms with E-state index >= 15 is 0 Å². The lowest BCUT2D eigenvalue weighted by Gasteiger charge is -2.31. The van der Waals surface area contributed by atoms with E-state index in [2.05, 4.69) is 5.32 Å². The fourth-order valence-electron chi connectivity index (χ4n) is 3.73. The number of rotatable bonds is 8. The molecule has 9 heteroatoms. The third-order valence-electron chi connectivity index (χ3n) is 5.30. The van der Waals surface area contributed by atoms with Crippen LogP contribution in [-0.2, 0) is 21.4 Å². The summed E-state index contributed by atoms with van der Waals surface area (Å²) < 4.78 is 26.4. The molecule has 0 spiro atoms. The van der Waals surface area contributed by atoms with E-state index in [0.717, 1.165) is 26.9 Å². The first-order valence-corrected chi connectivity index (χ1v) is 12.0. The maximum absolute atomic E-state index is 13.1. The van der Waals surface area contributed by atoms with Crippen molar-refractivity contribution in [2.24, 2.45) is 0 Å². The Hall–Kier alpha value is -3.46. The number of amides is 1. The molecule has 0 unspecified atom stereocenters. The van der Waals surface area contributed by atoms with Crippen LogP contribution in [0.2, 0.25) is 0 Å². The van der Waals surface area contributed by atoms with E-state index in [9.17, 15) is 23.3 Å². The van der Waals surface area contributed by atoms with E-state index < -0.39 is 26.9 Å². The first-order chi connectivity index (χ1) is 15.1. The molecule has 0 radical (unpaired) electrons. The molecule has 0 saturated carbocycles. The minimum atomic E-state index is -3.91. The number of carbonyl (C=O) groups is 1. The van der Waals surface area contributed by atoms with Gasteiger partial charge in [-0.2, -0.15) is 0 Å². The van der Waals surface area contributed by atoms with Crippen molar-refractivity contribution in [3.63, 3.8) is 0 Å². The number of non-ortho nitro benzene ring substituents is 1. The summed E-state index contributed by atoms with van der Waals surface area (Å²) in [7, 11) is -3.91. The standard InChI is InChI=1S/C23H25N3O5S/c1-4-21(23(27)24-15-18-10-7-9-17-8-5-6-11-20(17)18)25(32(3,30)31)22-14-19(26(28)29)13-12-16(22)2/h5-14,21H,4,15H2,1-3H3,(H,24,27)/t21-/m0/s1. The molecule has 0 aliphatic carbocycles. The topological polar surface area (TPSA) is 110 Å². The SMILES string of the molecule is CC[C@@H](C(=O)NCc1cccc2ccccc12)N(c1cc([N+](=O)[O-])ccc1C)S(C)(=O)=O. The number of fused-ring (bicyclic) bond motifs is 1. The average molecular weight is 456 g/mol. The molecule has 0 bridgehead atoms. The Bertz CT molecular complexity index is 1270. The molecular formula is C23H25N3O5S. The average Bonchev–Trinajstić information content (AvgIpc) is 2.75. The van der Waals surface area contributed by atoms with Gasteiger partial charge in [-0.3, -0.25) is 19.2 Å². The molecule has 0 aliphatic rings. The van der Waals surface area contributed by atoms with Crippen molar-refractivity contribution in [1.82, 2.24) is 5.32 Å². The van der Waals surface area contributed by atoms with Crippen LogP contribution in [0, 0.1) is 17.0 Å². The molecule has 1 N–H and O–H groups in total. The molecule has 3 aromatic rings. The fourth-order valence-corrected chi connectivity index (χ4v) is 4.99. The molecule has 3 rings (SSSR count). The molecule has 0 fully saturated rings. The summed E-state index contributed by atoms with van der Waals surface area (Å²) in [5.41, 5.74) is 1.30. The highest BCUT2D eigenvalue weighted by Gasteiger charge is 2.33. The van der Waals surface area contributed by atoms with Gasteiger partial charge in [-0.25, -0.2) is 8.42 Å². The highest BCUT2D eigenvalue weighted by atomic mass is 32.2. The van der Waals surface area contributed by atoms with E-state index in [1.165, 1.54) is 18.2 Å². The quantitative estimate of drug-likeness (QED) is 0.409. The van der Waals surface area contributed by atoms with Crippen molar-refractivity contribution in [3.05, 3.63) is 81.9 Å². The van der Waals surface area contributed by atoms with Crippen molar-refractivity contribution in [2.75, 3.05) is 10.6 Å². The zero-order chi connectivity index (χ0) is 23.5. The normalized spacial score (nSPS) is 12.3. The summed E-state index contributed by atoms with van der Waals surface area (Å²) >= 11 is 0. The van der Waals surface area contributed by atoms with Gasteiger partial charge in [-0.15, -0.1) is 0 Å². The molecule has 0 aliphatic heterocycles. The van der Waals surface area contributed by atoms with Gasteiger partial charge in [-0.05, 0) is 35.2 Å². The Morgan fingerprint density at radius 3 is 2.47 bits per heavy atom. The maximum atomic E-state index is 13.1. The van der Waals surface area contributed by atoms with Gasteiger partial charge in [0.25, 0.3) is 5.69 Å². The minimum Gasteiger partial charge on any atom is -0.350 e. The molecular weight excluding hydrogens is 430 g/mol. The number of hydrogen-bond acceptors (Lipinski definition) is 5. The number of nitrogens with zero attached hydrogens (tertiary/aromatic N) is 2. The van der Waals surface area contributed by atoms with Crippen molar-refractivity contribution >= 4 is 38.1 Å². The summed E-state index contributed by atoms with van der Waals surface area (Å²) in [6.45, 7) is 3.58. The molecule has 3 aromatic carbocycles. The van der Waals surface area contributed by atoms with Crippen LogP contribution < -0.4 is 9.62 Å². The van der Waals surface area contributed by atoms with Gasteiger partial charge < -0.3 is 5.32 Å². The second-order valence-electron chi connectivity index (χ2n) is 7.57. The van der Waals surface area contributed by atoms with Gasteiger partial charge in [-0.1, -0.05) is 55.5 Å². The van der Waals surface area contributed by atoms with Crippen molar-refractivity contribution in [1.29, 1.82) is 0 Å². The van der Waals surface area contributed by atoms with Crippen molar-refractivity contribution in [2.45, 2.75) is 32.9 Å². The molecule has 1 atom stereocenters. The third-order valence-corrected chi connectivity index (χ3v) is 6.47. The van der Waals surface area contributed by atoms with Crippen LogP contribution in [0.3, 0.4) is 0 Å². The molecule has 32 heavy (non-hydrogen) atoms. The smallest absolute Gasteiger partial charge is 0.271 e. The Kier molecular flexibility index (Phi) is 6.78. The number of benzene rings is 3. The second kappa shape index (κ2) is 9.35. The lowest BCUT2D eigenvalue weighted by Crippen LogP contribution is -2.49. The highest BCUT2D eigenvalue weighted by Crippen LogP contribution is 2.30. The van der Waals surface area contributed by atoms with Crippen LogP contribution in [0.4, 0.5) is 11.4 Å². The summed E-state index contributed by atoms with van der Waals surface area (Å²) in [6.07, 6.45) is 1.18. The summed E-state index contributed by atoms with van der Waals surface area (Å²) in [6, 6.07) is 16.5. The Morgan fingerprint density at radius 2 is 1.81 bits per heavy atom.